The van der Waals surface area contributed by atoms with Gasteiger partial charge in [0.1, 0.15) is 11.5 Å². The highest BCUT2D eigenvalue weighted by atomic mass is 16.7. The Hall–Kier alpha value is -4.33. The molecule has 1 atom stereocenters. The number of amides is 1. The number of likely N-dealkylation sites (tertiary alicyclic amines) is 1. The third-order valence-corrected chi connectivity index (χ3v) is 5.67. The van der Waals surface area contributed by atoms with Crippen molar-refractivity contribution in [3.8, 4) is 17.2 Å². The van der Waals surface area contributed by atoms with Gasteiger partial charge in [0.05, 0.1) is 18.7 Å². The number of carbonyl (C=O) groups excluding carboxylic acids is 2. The molecule has 1 fully saturated rings. The van der Waals surface area contributed by atoms with Crippen molar-refractivity contribution in [2.45, 2.75) is 12.6 Å². The lowest BCUT2D eigenvalue weighted by Gasteiger charge is -2.25. The van der Waals surface area contributed by atoms with Crippen LogP contribution in [0.25, 0.3) is 5.76 Å². The fraction of sp³-hybridized carbons (Fsp3) is 0.160. The maximum Gasteiger partial charge on any atom is 0.295 e. The third-order valence-electron chi connectivity index (χ3n) is 5.67. The van der Waals surface area contributed by atoms with E-state index in [2.05, 4.69) is 4.98 Å². The predicted molar refractivity (Wildman–Crippen MR) is 118 cm³/mol. The van der Waals surface area contributed by atoms with Crippen LogP contribution in [0.4, 0.5) is 0 Å². The molecule has 2 aliphatic heterocycles. The number of hydrogen-bond acceptors (Lipinski definition) is 7. The molecule has 3 aromatic rings. The molecule has 1 unspecified atom stereocenters. The van der Waals surface area contributed by atoms with E-state index in [-0.39, 0.29) is 24.7 Å². The zero-order chi connectivity index (χ0) is 22.9. The Morgan fingerprint density at radius 3 is 2.76 bits per heavy atom. The van der Waals surface area contributed by atoms with E-state index in [1.165, 1.54) is 12.0 Å². The van der Waals surface area contributed by atoms with Crippen molar-refractivity contribution in [2.24, 2.45) is 0 Å². The summed E-state index contributed by atoms with van der Waals surface area (Å²) in [6.45, 7) is 0.233. The van der Waals surface area contributed by atoms with Gasteiger partial charge in [-0.1, -0.05) is 18.2 Å². The van der Waals surface area contributed by atoms with E-state index in [4.69, 9.17) is 14.2 Å². The van der Waals surface area contributed by atoms with Gasteiger partial charge in [0.15, 0.2) is 11.5 Å². The lowest BCUT2D eigenvalue weighted by Crippen LogP contribution is -2.29. The Labute approximate surface area is 189 Å². The minimum absolute atomic E-state index is 0.00370. The normalized spacial score (nSPS) is 18.6. The van der Waals surface area contributed by atoms with Crippen molar-refractivity contribution in [3.63, 3.8) is 0 Å². The van der Waals surface area contributed by atoms with E-state index in [9.17, 15) is 14.7 Å². The zero-order valence-electron chi connectivity index (χ0n) is 17.7. The molecule has 0 radical (unpaired) electrons. The zero-order valence-corrected chi connectivity index (χ0v) is 17.7. The molecule has 0 aliphatic carbocycles. The van der Waals surface area contributed by atoms with E-state index in [1.807, 2.05) is 6.07 Å². The third kappa shape index (κ3) is 3.65. The second kappa shape index (κ2) is 8.31. The van der Waals surface area contributed by atoms with Crippen LogP contribution in [0.3, 0.4) is 0 Å². The first-order chi connectivity index (χ1) is 16.1. The highest BCUT2D eigenvalue weighted by Crippen LogP contribution is 2.42. The molecule has 33 heavy (non-hydrogen) atoms. The van der Waals surface area contributed by atoms with Crippen LogP contribution in [-0.2, 0) is 16.1 Å². The van der Waals surface area contributed by atoms with Gasteiger partial charge >= 0.3 is 0 Å². The largest absolute Gasteiger partial charge is 0.507 e. The van der Waals surface area contributed by atoms with Crippen LogP contribution in [0, 0.1) is 0 Å². The van der Waals surface area contributed by atoms with Crippen LogP contribution >= 0.6 is 0 Å². The summed E-state index contributed by atoms with van der Waals surface area (Å²) in [5.74, 6) is -0.166. The summed E-state index contributed by atoms with van der Waals surface area (Å²) in [5.41, 5.74) is 1.75. The molecule has 0 bridgehead atoms. The van der Waals surface area contributed by atoms with Crippen LogP contribution < -0.4 is 14.2 Å². The SMILES string of the molecule is COc1cccc(C2/C(=C(/O)c3ccc4c(c3)OCO4)C(=O)C(=O)N2Cc2cccnc2)c1. The number of benzene rings is 2. The number of nitrogens with zero attached hydrogens (tertiary/aromatic N) is 2. The Balaban J connectivity index is 1.65. The van der Waals surface area contributed by atoms with Gasteiger partial charge < -0.3 is 24.2 Å². The molecule has 8 nitrogen and oxygen atoms in total. The summed E-state index contributed by atoms with van der Waals surface area (Å²) in [5, 5.41) is 11.2. The summed E-state index contributed by atoms with van der Waals surface area (Å²) < 4.78 is 16.1. The summed E-state index contributed by atoms with van der Waals surface area (Å²) in [6, 6.07) is 14.7. The molecule has 1 amide bonds. The Kier molecular flexibility index (Phi) is 5.18. The van der Waals surface area contributed by atoms with Gasteiger partial charge in [-0.2, -0.15) is 0 Å². The molecule has 3 heterocycles. The average Bonchev–Trinajstić information content (AvgIpc) is 3.42. The van der Waals surface area contributed by atoms with Gasteiger partial charge in [-0.05, 0) is 47.5 Å². The molecular formula is C25H20N2O6. The molecule has 2 aromatic carbocycles. The van der Waals surface area contributed by atoms with Gasteiger partial charge in [-0.3, -0.25) is 14.6 Å². The topological polar surface area (TPSA) is 98.2 Å². The summed E-state index contributed by atoms with van der Waals surface area (Å²) in [6.07, 6.45) is 3.27. The highest BCUT2D eigenvalue weighted by Gasteiger charge is 2.46. The first-order valence-corrected chi connectivity index (χ1v) is 10.3. The number of rotatable bonds is 5. The second-order valence-corrected chi connectivity index (χ2v) is 7.63. The van der Waals surface area contributed by atoms with E-state index < -0.39 is 17.7 Å². The number of methoxy groups -OCH3 is 1. The quantitative estimate of drug-likeness (QED) is 0.366. The fourth-order valence-electron chi connectivity index (χ4n) is 4.09. The number of carbonyl (C=O) groups is 2. The summed E-state index contributed by atoms with van der Waals surface area (Å²) in [7, 11) is 1.54. The van der Waals surface area contributed by atoms with E-state index >= 15 is 0 Å². The molecule has 5 rings (SSSR count). The van der Waals surface area contributed by atoms with Crippen LogP contribution in [0.2, 0.25) is 0 Å². The van der Waals surface area contributed by atoms with Gasteiger partial charge in [0.25, 0.3) is 11.7 Å². The Bertz CT molecular complexity index is 1270. The van der Waals surface area contributed by atoms with Crippen LogP contribution in [0.5, 0.6) is 17.2 Å². The summed E-state index contributed by atoms with van der Waals surface area (Å²) >= 11 is 0. The highest BCUT2D eigenvalue weighted by molar-refractivity contribution is 6.46. The molecule has 1 aromatic heterocycles. The number of Topliss-reactive ketones (excluding diaryl/α,β-unsaturated/α-hetero) is 1. The van der Waals surface area contributed by atoms with Crippen molar-refractivity contribution >= 4 is 17.4 Å². The molecule has 1 saturated heterocycles. The van der Waals surface area contributed by atoms with E-state index in [0.29, 0.717) is 28.4 Å². The number of ether oxygens (including phenoxy) is 3. The van der Waals surface area contributed by atoms with E-state index in [0.717, 1.165) is 5.56 Å². The maximum atomic E-state index is 13.2. The summed E-state index contributed by atoms with van der Waals surface area (Å²) in [4.78, 5) is 31.8. The Morgan fingerprint density at radius 1 is 1.12 bits per heavy atom. The molecule has 2 aliphatic rings. The smallest absolute Gasteiger partial charge is 0.295 e. The maximum absolute atomic E-state index is 13.2. The second-order valence-electron chi connectivity index (χ2n) is 7.63. The monoisotopic (exact) mass is 444 g/mol. The van der Waals surface area contributed by atoms with Crippen molar-refractivity contribution in [1.29, 1.82) is 0 Å². The van der Waals surface area contributed by atoms with Crippen LogP contribution in [0.15, 0.2) is 72.6 Å². The lowest BCUT2D eigenvalue weighted by atomic mass is 9.95. The minimum atomic E-state index is -0.814. The molecule has 166 valence electrons. The van der Waals surface area contributed by atoms with Gasteiger partial charge in [-0.15, -0.1) is 0 Å². The van der Waals surface area contributed by atoms with Crippen molar-refractivity contribution in [2.75, 3.05) is 13.9 Å². The van der Waals surface area contributed by atoms with Gasteiger partial charge in [0, 0.05) is 24.5 Å². The number of aromatic nitrogens is 1. The Morgan fingerprint density at radius 2 is 1.97 bits per heavy atom. The van der Waals surface area contributed by atoms with Gasteiger partial charge in [0.2, 0.25) is 6.79 Å². The molecule has 0 spiro atoms. The molecule has 1 N–H and O–H groups in total. The predicted octanol–water partition coefficient (Wildman–Crippen LogP) is 3.44. The standard InChI is InChI=1S/C25H20N2O6/c1-31-18-6-2-5-16(10-18)22-21(23(28)17-7-8-19-20(11-17)33-14-32-19)24(29)25(30)27(22)13-15-4-3-9-26-12-15/h2-12,22,28H,13-14H2,1H3/b23-21-. The number of pyridine rings is 1. The van der Waals surface area contributed by atoms with E-state index in [1.54, 1.807) is 60.9 Å². The van der Waals surface area contributed by atoms with Crippen molar-refractivity contribution < 1.29 is 28.9 Å². The number of aliphatic hydroxyl groups excluding tert-OH is 1. The number of aliphatic hydroxyl groups is 1. The van der Waals surface area contributed by atoms with Gasteiger partial charge in [-0.25, -0.2) is 0 Å². The van der Waals surface area contributed by atoms with Crippen molar-refractivity contribution in [1.82, 2.24) is 9.88 Å². The fourth-order valence-corrected chi connectivity index (χ4v) is 4.09. The first kappa shape index (κ1) is 20.6. The average molecular weight is 444 g/mol. The minimum Gasteiger partial charge on any atom is -0.507 e. The number of hydrogen-bond donors (Lipinski definition) is 1. The lowest BCUT2D eigenvalue weighted by molar-refractivity contribution is -0.140. The van der Waals surface area contributed by atoms with Crippen LogP contribution in [-0.4, -0.2) is 40.6 Å². The first-order valence-electron chi connectivity index (χ1n) is 10.3. The van der Waals surface area contributed by atoms with Crippen molar-refractivity contribution in [3.05, 3.63) is 89.3 Å². The molecule has 8 heteroatoms. The molecule has 0 saturated carbocycles. The van der Waals surface area contributed by atoms with Crippen LogP contribution in [0.1, 0.15) is 22.7 Å². The number of ketones is 1. The molecular weight excluding hydrogens is 424 g/mol. The number of fused-ring (bicyclic) bond motifs is 1.